The van der Waals surface area contributed by atoms with Crippen LogP contribution < -0.4 is 16.0 Å². The summed E-state index contributed by atoms with van der Waals surface area (Å²) in [6.07, 6.45) is 4.34. The Morgan fingerprint density at radius 2 is 2.33 bits per heavy atom. The molecule has 1 heterocycles. The van der Waals surface area contributed by atoms with Crippen LogP contribution in [-0.2, 0) is 4.79 Å². The zero-order valence-corrected chi connectivity index (χ0v) is 11.7. The minimum absolute atomic E-state index is 0.0871. The molecule has 18 heavy (non-hydrogen) atoms. The minimum atomic E-state index is 0.0871. The highest BCUT2D eigenvalue weighted by atomic mass is 79.9. The van der Waals surface area contributed by atoms with Crippen LogP contribution in [0.3, 0.4) is 0 Å². The molecule has 0 aromatic carbocycles. The van der Waals surface area contributed by atoms with Crippen molar-refractivity contribution < 1.29 is 4.79 Å². The quantitative estimate of drug-likeness (QED) is 0.739. The van der Waals surface area contributed by atoms with Gasteiger partial charge in [0.25, 0.3) is 0 Å². The molecule has 0 atom stereocenters. The molecular weight excluding hydrogens is 298 g/mol. The second-order valence-electron chi connectivity index (χ2n) is 4.16. The highest BCUT2D eigenvalue weighted by molar-refractivity contribution is 9.10. The third-order valence-corrected chi connectivity index (χ3v) is 3.14. The Kier molecular flexibility index (Phi) is 4.35. The molecule has 1 fully saturated rings. The Balaban J connectivity index is 1.79. The zero-order valence-electron chi connectivity index (χ0n) is 10.2. The van der Waals surface area contributed by atoms with Crippen LogP contribution in [0, 0.1) is 0 Å². The van der Waals surface area contributed by atoms with Gasteiger partial charge in [-0.15, -0.1) is 0 Å². The number of halogens is 1. The normalized spacial score (nSPS) is 14.1. The van der Waals surface area contributed by atoms with Crippen molar-refractivity contribution in [2.24, 2.45) is 0 Å². The third kappa shape index (κ3) is 3.83. The Labute approximate surface area is 114 Å². The van der Waals surface area contributed by atoms with E-state index in [1.165, 1.54) is 0 Å². The van der Waals surface area contributed by atoms with E-state index in [0.717, 1.165) is 17.3 Å². The van der Waals surface area contributed by atoms with E-state index >= 15 is 0 Å². The predicted molar refractivity (Wildman–Crippen MR) is 73.6 cm³/mol. The number of nitrogens with one attached hydrogen (secondary N) is 3. The van der Waals surface area contributed by atoms with E-state index in [-0.39, 0.29) is 5.91 Å². The molecule has 6 nitrogen and oxygen atoms in total. The first-order valence-corrected chi connectivity index (χ1v) is 6.72. The maximum Gasteiger partial charge on any atom is 0.224 e. The summed E-state index contributed by atoms with van der Waals surface area (Å²) in [7, 11) is 1.76. The van der Waals surface area contributed by atoms with E-state index in [4.69, 9.17) is 0 Å². The number of aromatic nitrogens is 2. The first-order valence-electron chi connectivity index (χ1n) is 5.92. The van der Waals surface area contributed by atoms with Crippen LogP contribution in [-0.4, -0.2) is 35.5 Å². The monoisotopic (exact) mass is 313 g/mol. The lowest BCUT2D eigenvalue weighted by Gasteiger charge is -2.08. The number of hydrogen-bond donors (Lipinski definition) is 3. The average molecular weight is 314 g/mol. The van der Waals surface area contributed by atoms with Crippen LogP contribution in [0.5, 0.6) is 0 Å². The van der Waals surface area contributed by atoms with Crippen molar-refractivity contribution in [3.8, 4) is 0 Å². The summed E-state index contributed by atoms with van der Waals surface area (Å²) in [6, 6.07) is 0.416. The van der Waals surface area contributed by atoms with E-state index < -0.39 is 0 Å². The lowest BCUT2D eigenvalue weighted by Crippen LogP contribution is -2.27. The number of hydrogen-bond acceptors (Lipinski definition) is 5. The third-order valence-electron chi connectivity index (χ3n) is 2.55. The maximum absolute atomic E-state index is 11.5. The molecule has 0 saturated heterocycles. The molecule has 1 amide bonds. The van der Waals surface area contributed by atoms with Crippen molar-refractivity contribution in [3.63, 3.8) is 0 Å². The first-order chi connectivity index (χ1) is 8.69. The van der Waals surface area contributed by atoms with E-state index in [1.54, 1.807) is 13.2 Å². The molecule has 1 aliphatic rings. The molecule has 2 rings (SSSR count). The van der Waals surface area contributed by atoms with Gasteiger partial charge in [-0.05, 0) is 28.8 Å². The van der Waals surface area contributed by atoms with Crippen molar-refractivity contribution in [1.29, 1.82) is 0 Å². The van der Waals surface area contributed by atoms with Crippen LogP contribution in [0.1, 0.15) is 19.3 Å². The van der Waals surface area contributed by atoms with Crippen molar-refractivity contribution in [2.75, 3.05) is 24.2 Å². The van der Waals surface area contributed by atoms with Crippen LogP contribution in [0.4, 0.5) is 11.8 Å². The molecular formula is C11H16BrN5O. The standard InChI is InChI=1S/C11H16BrN5O/c1-13-11-15-6-8(12)10(17-11)14-5-4-9(18)16-7-2-3-7/h6-7H,2-5H2,1H3,(H,16,18)(H2,13,14,15,17). The fraction of sp³-hybridized carbons (Fsp3) is 0.545. The summed E-state index contributed by atoms with van der Waals surface area (Å²) in [5, 5.41) is 8.92. The van der Waals surface area contributed by atoms with Crippen molar-refractivity contribution in [3.05, 3.63) is 10.7 Å². The van der Waals surface area contributed by atoms with Crippen molar-refractivity contribution in [2.45, 2.75) is 25.3 Å². The van der Waals surface area contributed by atoms with Gasteiger partial charge in [-0.25, -0.2) is 4.98 Å². The summed E-state index contributed by atoms with van der Waals surface area (Å²) in [4.78, 5) is 19.8. The molecule has 1 aromatic heterocycles. The number of rotatable bonds is 6. The number of nitrogens with zero attached hydrogens (tertiary/aromatic N) is 2. The highest BCUT2D eigenvalue weighted by Gasteiger charge is 2.22. The average Bonchev–Trinajstić information content (AvgIpc) is 3.15. The lowest BCUT2D eigenvalue weighted by molar-refractivity contribution is -0.120. The highest BCUT2D eigenvalue weighted by Crippen LogP contribution is 2.20. The van der Waals surface area contributed by atoms with Crippen molar-refractivity contribution in [1.82, 2.24) is 15.3 Å². The topological polar surface area (TPSA) is 78.9 Å². The summed E-state index contributed by atoms with van der Waals surface area (Å²) in [5.41, 5.74) is 0. The van der Waals surface area contributed by atoms with Crippen LogP contribution in [0.15, 0.2) is 10.7 Å². The number of carbonyl (C=O) groups is 1. The van der Waals surface area contributed by atoms with Crippen LogP contribution in [0.25, 0.3) is 0 Å². The molecule has 7 heteroatoms. The molecule has 0 radical (unpaired) electrons. The molecule has 98 valence electrons. The molecule has 0 aliphatic heterocycles. The predicted octanol–water partition coefficient (Wildman–Crippen LogP) is 1.36. The minimum Gasteiger partial charge on any atom is -0.368 e. The molecule has 1 aliphatic carbocycles. The first kappa shape index (κ1) is 13.1. The van der Waals surface area contributed by atoms with E-state index in [9.17, 15) is 4.79 Å². The van der Waals surface area contributed by atoms with Gasteiger partial charge in [0.15, 0.2) is 0 Å². The number of amides is 1. The number of anilines is 2. The largest absolute Gasteiger partial charge is 0.368 e. The van der Waals surface area contributed by atoms with E-state index in [1.807, 2.05) is 0 Å². The lowest BCUT2D eigenvalue weighted by atomic mass is 10.4. The van der Waals surface area contributed by atoms with Gasteiger partial charge in [0, 0.05) is 32.3 Å². The van der Waals surface area contributed by atoms with Gasteiger partial charge in [0.2, 0.25) is 11.9 Å². The van der Waals surface area contributed by atoms with Crippen molar-refractivity contribution >= 4 is 33.6 Å². The molecule has 0 spiro atoms. The van der Waals surface area contributed by atoms with Crippen LogP contribution >= 0.6 is 15.9 Å². The van der Waals surface area contributed by atoms with Gasteiger partial charge in [-0.1, -0.05) is 0 Å². The van der Waals surface area contributed by atoms with Gasteiger partial charge in [-0.2, -0.15) is 4.98 Å². The number of carbonyl (C=O) groups excluding carboxylic acids is 1. The molecule has 3 N–H and O–H groups in total. The summed E-state index contributed by atoms with van der Waals surface area (Å²) in [5.74, 6) is 1.32. The van der Waals surface area contributed by atoms with E-state index in [0.29, 0.717) is 30.8 Å². The molecule has 1 saturated carbocycles. The van der Waals surface area contributed by atoms with Gasteiger partial charge in [-0.3, -0.25) is 4.79 Å². The van der Waals surface area contributed by atoms with Gasteiger partial charge in [0.1, 0.15) is 5.82 Å². The summed E-state index contributed by atoms with van der Waals surface area (Å²) < 4.78 is 0.782. The fourth-order valence-electron chi connectivity index (χ4n) is 1.43. The maximum atomic E-state index is 11.5. The zero-order chi connectivity index (χ0) is 13.0. The molecule has 0 unspecified atom stereocenters. The van der Waals surface area contributed by atoms with Gasteiger partial charge in [0.05, 0.1) is 4.47 Å². The van der Waals surface area contributed by atoms with Gasteiger partial charge >= 0.3 is 0 Å². The Morgan fingerprint density at radius 1 is 1.56 bits per heavy atom. The van der Waals surface area contributed by atoms with Gasteiger partial charge < -0.3 is 16.0 Å². The molecule has 1 aromatic rings. The Morgan fingerprint density at radius 3 is 3.00 bits per heavy atom. The molecule has 0 bridgehead atoms. The van der Waals surface area contributed by atoms with Crippen LogP contribution in [0.2, 0.25) is 0 Å². The smallest absolute Gasteiger partial charge is 0.224 e. The SMILES string of the molecule is CNc1ncc(Br)c(NCCC(=O)NC2CC2)n1. The Hall–Kier alpha value is -1.37. The van der Waals surface area contributed by atoms with E-state index in [2.05, 4.69) is 41.8 Å². The summed E-state index contributed by atoms with van der Waals surface area (Å²) in [6.45, 7) is 0.553. The Bertz CT molecular complexity index is 435. The second-order valence-corrected chi connectivity index (χ2v) is 5.01. The second kappa shape index (κ2) is 5.99. The fourth-order valence-corrected chi connectivity index (χ4v) is 1.76. The summed E-state index contributed by atoms with van der Waals surface area (Å²) >= 11 is 3.36.